The first-order valence-electron chi connectivity index (χ1n) is 7.98. The molecule has 4 nitrogen and oxygen atoms in total. The van der Waals surface area contributed by atoms with Gasteiger partial charge in [-0.25, -0.2) is 0 Å². The maximum Gasteiger partial charge on any atom is 0.122 e. The molecule has 2 rings (SSSR count). The van der Waals surface area contributed by atoms with Gasteiger partial charge in [-0.3, -0.25) is 9.88 Å². The standard InChI is InChI=1S/C17H29N3O/c1-12(2)17-11-20(14(4)6-7-18-17)10-15-9-16(21-5)8-13(3)19-15/h8-9,12,14,17-18H,6-7,10-11H2,1-5H3. The average Bonchev–Trinajstić information content (AvgIpc) is 2.61. The Morgan fingerprint density at radius 2 is 2.19 bits per heavy atom. The van der Waals surface area contributed by atoms with Crippen LogP contribution in [0.5, 0.6) is 5.75 Å². The molecule has 1 fully saturated rings. The molecule has 1 saturated heterocycles. The Morgan fingerprint density at radius 1 is 1.43 bits per heavy atom. The molecule has 1 aliphatic heterocycles. The molecule has 2 atom stereocenters. The van der Waals surface area contributed by atoms with Crippen LogP contribution in [-0.2, 0) is 6.54 Å². The highest BCUT2D eigenvalue weighted by atomic mass is 16.5. The Kier molecular flexibility index (Phi) is 5.59. The van der Waals surface area contributed by atoms with Gasteiger partial charge in [0.2, 0.25) is 0 Å². The lowest BCUT2D eigenvalue weighted by Crippen LogP contribution is -2.42. The van der Waals surface area contributed by atoms with Gasteiger partial charge in [0, 0.05) is 43.0 Å². The van der Waals surface area contributed by atoms with E-state index in [-0.39, 0.29) is 0 Å². The van der Waals surface area contributed by atoms with E-state index >= 15 is 0 Å². The second-order valence-corrected chi connectivity index (χ2v) is 6.51. The molecule has 21 heavy (non-hydrogen) atoms. The van der Waals surface area contributed by atoms with Crippen LogP contribution in [0.3, 0.4) is 0 Å². The Hall–Kier alpha value is -1.13. The molecule has 0 bridgehead atoms. The fraction of sp³-hybridized carbons (Fsp3) is 0.706. The van der Waals surface area contributed by atoms with Gasteiger partial charge in [0.15, 0.2) is 0 Å². The minimum Gasteiger partial charge on any atom is -0.497 e. The van der Waals surface area contributed by atoms with Gasteiger partial charge in [-0.2, -0.15) is 0 Å². The van der Waals surface area contributed by atoms with Crippen LogP contribution in [0.4, 0.5) is 0 Å². The molecule has 1 aromatic rings. The van der Waals surface area contributed by atoms with E-state index in [1.807, 2.05) is 13.0 Å². The quantitative estimate of drug-likeness (QED) is 0.925. The summed E-state index contributed by atoms with van der Waals surface area (Å²) in [5, 5.41) is 3.67. The molecular weight excluding hydrogens is 262 g/mol. The van der Waals surface area contributed by atoms with Gasteiger partial charge in [-0.1, -0.05) is 13.8 Å². The molecule has 1 aromatic heterocycles. The molecular formula is C17H29N3O. The summed E-state index contributed by atoms with van der Waals surface area (Å²) in [6.07, 6.45) is 1.19. The number of pyridine rings is 1. The van der Waals surface area contributed by atoms with E-state index in [0.29, 0.717) is 18.0 Å². The van der Waals surface area contributed by atoms with Gasteiger partial charge >= 0.3 is 0 Å². The van der Waals surface area contributed by atoms with Gasteiger partial charge in [0.05, 0.1) is 12.8 Å². The second-order valence-electron chi connectivity index (χ2n) is 6.51. The number of nitrogens with zero attached hydrogens (tertiary/aromatic N) is 2. The predicted molar refractivity (Wildman–Crippen MR) is 86.6 cm³/mol. The maximum atomic E-state index is 5.36. The molecule has 0 radical (unpaired) electrons. The van der Waals surface area contributed by atoms with Crippen molar-refractivity contribution in [3.05, 3.63) is 23.5 Å². The normalized spacial score (nSPS) is 24.1. The zero-order valence-corrected chi connectivity index (χ0v) is 14.0. The van der Waals surface area contributed by atoms with E-state index < -0.39 is 0 Å². The topological polar surface area (TPSA) is 37.4 Å². The van der Waals surface area contributed by atoms with E-state index in [4.69, 9.17) is 4.74 Å². The highest BCUT2D eigenvalue weighted by molar-refractivity contribution is 5.26. The Morgan fingerprint density at radius 3 is 2.86 bits per heavy atom. The van der Waals surface area contributed by atoms with Crippen molar-refractivity contribution in [1.82, 2.24) is 15.2 Å². The van der Waals surface area contributed by atoms with Crippen molar-refractivity contribution >= 4 is 0 Å². The van der Waals surface area contributed by atoms with E-state index in [0.717, 1.165) is 36.8 Å². The summed E-state index contributed by atoms with van der Waals surface area (Å²) in [4.78, 5) is 7.22. The molecule has 2 unspecified atom stereocenters. The number of rotatable bonds is 4. The predicted octanol–water partition coefficient (Wildman–Crippen LogP) is 2.61. The molecule has 0 aromatic carbocycles. The summed E-state index contributed by atoms with van der Waals surface area (Å²) in [6.45, 7) is 12.0. The monoisotopic (exact) mass is 291 g/mol. The number of aromatic nitrogens is 1. The van der Waals surface area contributed by atoms with Crippen molar-refractivity contribution in [1.29, 1.82) is 0 Å². The third kappa shape index (κ3) is 4.42. The summed E-state index contributed by atoms with van der Waals surface area (Å²) >= 11 is 0. The zero-order valence-electron chi connectivity index (χ0n) is 14.0. The summed E-state index contributed by atoms with van der Waals surface area (Å²) in [5.74, 6) is 1.55. The SMILES string of the molecule is COc1cc(C)nc(CN2CC(C(C)C)NCCC2C)c1. The van der Waals surface area contributed by atoms with E-state index in [1.54, 1.807) is 7.11 Å². The van der Waals surface area contributed by atoms with Crippen LogP contribution in [0.1, 0.15) is 38.6 Å². The molecule has 2 heterocycles. The fourth-order valence-corrected chi connectivity index (χ4v) is 2.93. The fourth-order valence-electron chi connectivity index (χ4n) is 2.93. The van der Waals surface area contributed by atoms with Crippen molar-refractivity contribution in [2.75, 3.05) is 20.2 Å². The van der Waals surface area contributed by atoms with E-state index in [2.05, 4.69) is 42.0 Å². The summed E-state index contributed by atoms with van der Waals surface area (Å²) in [5.41, 5.74) is 2.12. The van der Waals surface area contributed by atoms with Crippen LogP contribution in [0.2, 0.25) is 0 Å². The lowest BCUT2D eigenvalue weighted by molar-refractivity contribution is 0.181. The average molecular weight is 291 g/mol. The number of methoxy groups -OCH3 is 1. The Bertz CT molecular complexity index is 461. The third-order valence-electron chi connectivity index (χ3n) is 4.41. The molecule has 118 valence electrons. The summed E-state index contributed by atoms with van der Waals surface area (Å²) < 4.78 is 5.36. The lowest BCUT2D eigenvalue weighted by Gasteiger charge is -2.30. The number of aryl methyl sites for hydroxylation is 1. The second kappa shape index (κ2) is 7.23. The van der Waals surface area contributed by atoms with Crippen molar-refractivity contribution in [3.8, 4) is 5.75 Å². The molecule has 0 spiro atoms. The number of hydrogen-bond acceptors (Lipinski definition) is 4. The molecule has 1 aliphatic rings. The van der Waals surface area contributed by atoms with Crippen molar-refractivity contribution in [2.45, 2.75) is 52.7 Å². The Labute approximate surface area is 128 Å². The molecule has 1 N–H and O–H groups in total. The van der Waals surface area contributed by atoms with Crippen LogP contribution < -0.4 is 10.1 Å². The van der Waals surface area contributed by atoms with Crippen molar-refractivity contribution in [3.63, 3.8) is 0 Å². The van der Waals surface area contributed by atoms with Crippen LogP contribution >= 0.6 is 0 Å². The van der Waals surface area contributed by atoms with Gasteiger partial charge in [-0.15, -0.1) is 0 Å². The Balaban J connectivity index is 2.13. The number of nitrogens with one attached hydrogen (secondary N) is 1. The van der Waals surface area contributed by atoms with Crippen LogP contribution in [0.25, 0.3) is 0 Å². The minimum atomic E-state index is 0.557. The van der Waals surface area contributed by atoms with Crippen molar-refractivity contribution < 1.29 is 4.74 Å². The maximum absolute atomic E-state index is 5.36. The largest absolute Gasteiger partial charge is 0.497 e. The van der Waals surface area contributed by atoms with E-state index in [9.17, 15) is 0 Å². The zero-order chi connectivity index (χ0) is 15.4. The molecule has 4 heteroatoms. The molecule has 0 saturated carbocycles. The first-order chi connectivity index (χ1) is 9.99. The number of hydrogen-bond donors (Lipinski definition) is 1. The third-order valence-corrected chi connectivity index (χ3v) is 4.41. The van der Waals surface area contributed by atoms with E-state index in [1.165, 1.54) is 6.42 Å². The molecule has 0 aliphatic carbocycles. The van der Waals surface area contributed by atoms with Crippen molar-refractivity contribution in [2.24, 2.45) is 5.92 Å². The van der Waals surface area contributed by atoms with Gasteiger partial charge < -0.3 is 10.1 Å². The van der Waals surface area contributed by atoms with Crippen LogP contribution in [0, 0.1) is 12.8 Å². The summed E-state index contributed by atoms with van der Waals surface area (Å²) in [6, 6.07) is 5.17. The first kappa shape index (κ1) is 16.2. The van der Waals surface area contributed by atoms with Gasteiger partial charge in [0.1, 0.15) is 5.75 Å². The van der Waals surface area contributed by atoms with Crippen LogP contribution in [0.15, 0.2) is 12.1 Å². The first-order valence-corrected chi connectivity index (χ1v) is 7.98. The minimum absolute atomic E-state index is 0.557. The van der Waals surface area contributed by atoms with Gasteiger partial charge in [0.25, 0.3) is 0 Å². The smallest absolute Gasteiger partial charge is 0.122 e. The lowest BCUT2D eigenvalue weighted by atomic mass is 10.0. The van der Waals surface area contributed by atoms with Gasteiger partial charge in [-0.05, 0) is 32.7 Å². The van der Waals surface area contributed by atoms with Crippen LogP contribution in [-0.4, -0.2) is 42.2 Å². The molecule has 0 amide bonds. The summed E-state index contributed by atoms with van der Waals surface area (Å²) in [7, 11) is 1.71. The number of ether oxygens (including phenoxy) is 1. The highest BCUT2D eigenvalue weighted by Gasteiger charge is 2.25. The highest BCUT2D eigenvalue weighted by Crippen LogP contribution is 2.19.